The van der Waals surface area contributed by atoms with Crippen molar-refractivity contribution in [1.82, 2.24) is 15.5 Å². The molecule has 1 aromatic carbocycles. The number of carbonyl (C=O) groups excluding carboxylic acids is 1. The minimum atomic E-state index is -0.491. The molecule has 0 saturated heterocycles. The van der Waals surface area contributed by atoms with E-state index >= 15 is 0 Å². The van der Waals surface area contributed by atoms with Crippen LogP contribution in [-0.2, 0) is 22.6 Å². The van der Waals surface area contributed by atoms with E-state index in [0.717, 1.165) is 56.2 Å². The zero-order valence-electron chi connectivity index (χ0n) is 19.6. The number of ether oxygens (including phenoxy) is 2. The molecule has 1 amide bonds. The number of benzene rings is 1. The predicted molar refractivity (Wildman–Crippen MR) is 123 cm³/mol. The van der Waals surface area contributed by atoms with Gasteiger partial charge in [-0.3, -0.25) is 0 Å². The van der Waals surface area contributed by atoms with Gasteiger partial charge < -0.3 is 25.0 Å². The van der Waals surface area contributed by atoms with E-state index in [1.807, 2.05) is 52.0 Å². The van der Waals surface area contributed by atoms with Crippen molar-refractivity contribution in [3.63, 3.8) is 0 Å². The van der Waals surface area contributed by atoms with E-state index in [4.69, 9.17) is 9.47 Å². The number of unbranched alkanes of at least 4 members (excludes halogenated alkanes) is 1. The molecule has 2 N–H and O–H groups in total. The van der Waals surface area contributed by atoms with E-state index < -0.39 is 5.60 Å². The van der Waals surface area contributed by atoms with Gasteiger partial charge in [0.05, 0.1) is 6.54 Å². The second kappa shape index (κ2) is 13.9. The summed E-state index contributed by atoms with van der Waals surface area (Å²) in [5.74, 6) is 0.822. The van der Waals surface area contributed by atoms with E-state index in [1.165, 1.54) is 0 Å². The van der Waals surface area contributed by atoms with Crippen molar-refractivity contribution < 1.29 is 14.3 Å². The fraction of sp³-hybridized carbons (Fsp3) is 0.652. The van der Waals surface area contributed by atoms with Crippen molar-refractivity contribution in [3.8, 4) is 0 Å². The highest BCUT2D eigenvalue weighted by atomic mass is 16.6. The van der Waals surface area contributed by atoms with Gasteiger partial charge in [-0.1, -0.05) is 24.3 Å². The maximum atomic E-state index is 12.1. The van der Waals surface area contributed by atoms with Crippen molar-refractivity contribution in [2.75, 3.05) is 33.4 Å². The van der Waals surface area contributed by atoms with Gasteiger partial charge in [0.15, 0.2) is 5.96 Å². The topological polar surface area (TPSA) is 75.2 Å². The first-order valence-corrected chi connectivity index (χ1v) is 10.9. The van der Waals surface area contributed by atoms with Gasteiger partial charge in [-0.25, -0.2) is 9.79 Å². The van der Waals surface area contributed by atoms with E-state index in [0.29, 0.717) is 13.1 Å². The quantitative estimate of drug-likeness (QED) is 0.322. The summed E-state index contributed by atoms with van der Waals surface area (Å²) in [6, 6.07) is 8.15. The number of aliphatic imine (C=N–C) groups is 1. The van der Waals surface area contributed by atoms with E-state index in [2.05, 4.69) is 22.5 Å². The number of nitrogens with one attached hydrogen (secondary N) is 2. The van der Waals surface area contributed by atoms with Crippen molar-refractivity contribution in [2.45, 2.75) is 66.2 Å². The molecule has 0 aliphatic rings. The lowest BCUT2D eigenvalue weighted by molar-refractivity contribution is 0.0285. The molecule has 0 spiro atoms. The van der Waals surface area contributed by atoms with Crippen LogP contribution < -0.4 is 10.6 Å². The standard InChI is InChI=1S/C23H40N4O3/c1-7-24-21(25-15-9-10-16-29-8-2)26-17-19-11-13-20(14-12-19)18-27(6)22(28)30-23(3,4)5/h11-14H,7-10,15-18H2,1-6H3,(H2,24,25,26). The highest BCUT2D eigenvalue weighted by Crippen LogP contribution is 2.12. The number of amides is 1. The third-order valence-corrected chi connectivity index (χ3v) is 4.12. The fourth-order valence-corrected chi connectivity index (χ4v) is 2.62. The number of hydrogen-bond donors (Lipinski definition) is 2. The lowest BCUT2D eigenvalue weighted by atomic mass is 10.1. The largest absolute Gasteiger partial charge is 0.444 e. The Morgan fingerprint density at radius 2 is 1.73 bits per heavy atom. The summed E-state index contributed by atoms with van der Waals surface area (Å²) in [7, 11) is 1.75. The summed E-state index contributed by atoms with van der Waals surface area (Å²) in [6.07, 6.45) is 1.77. The summed E-state index contributed by atoms with van der Waals surface area (Å²) in [4.78, 5) is 18.3. The molecule has 170 valence electrons. The molecule has 1 rings (SSSR count). The molecular weight excluding hydrogens is 380 g/mol. The molecule has 0 aromatic heterocycles. The van der Waals surface area contributed by atoms with Gasteiger partial charge in [-0.05, 0) is 58.6 Å². The minimum absolute atomic E-state index is 0.321. The SMILES string of the molecule is CCNC(=NCc1ccc(CN(C)C(=O)OC(C)(C)C)cc1)NCCCCOCC. The molecular formula is C23H40N4O3. The second-order valence-corrected chi connectivity index (χ2v) is 8.18. The van der Waals surface area contributed by atoms with Crippen LogP contribution in [0.25, 0.3) is 0 Å². The molecule has 0 saturated carbocycles. The maximum Gasteiger partial charge on any atom is 0.410 e. The zero-order valence-corrected chi connectivity index (χ0v) is 19.6. The molecule has 0 unspecified atom stereocenters. The van der Waals surface area contributed by atoms with Crippen LogP contribution in [0.2, 0.25) is 0 Å². The van der Waals surface area contributed by atoms with Crippen molar-refractivity contribution in [2.24, 2.45) is 4.99 Å². The molecule has 30 heavy (non-hydrogen) atoms. The van der Waals surface area contributed by atoms with Crippen LogP contribution in [-0.4, -0.2) is 55.9 Å². The Labute approximate surface area is 182 Å². The van der Waals surface area contributed by atoms with Crippen molar-refractivity contribution >= 4 is 12.1 Å². The van der Waals surface area contributed by atoms with Crippen LogP contribution in [0.1, 0.15) is 58.6 Å². The summed E-state index contributed by atoms with van der Waals surface area (Å²) in [5, 5.41) is 6.63. The Balaban J connectivity index is 2.51. The lowest BCUT2D eigenvalue weighted by Crippen LogP contribution is -2.37. The van der Waals surface area contributed by atoms with Gasteiger partial charge in [0.2, 0.25) is 0 Å². The summed E-state index contributed by atoms with van der Waals surface area (Å²) >= 11 is 0. The predicted octanol–water partition coefficient (Wildman–Crippen LogP) is 3.93. The highest BCUT2D eigenvalue weighted by molar-refractivity contribution is 5.79. The van der Waals surface area contributed by atoms with Gasteiger partial charge >= 0.3 is 6.09 Å². The highest BCUT2D eigenvalue weighted by Gasteiger charge is 2.19. The van der Waals surface area contributed by atoms with Gasteiger partial charge in [0, 0.05) is 39.9 Å². The first-order chi connectivity index (χ1) is 14.2. The normalized spacial score (nSPS) is 11.9. The maximum absolute atomic E-state index is 12.1. The molecule has 0 aliphatic carbocycles. The van der Waals surface area contributed by atoms with Crippen LogP contribution in [0.4, 0.5) is 4.79 Å². The third-order valence-electron chi connectivity index (χ3n) is 4.12. The monoisotopic (exact) mass is 420 g/mol. The fourth-order valence-electron chi connectivity index (χ4n) is 2.62. The van der Waals surface area contributed by atoms with Gasteiger partial charge in [-0.15, -0.1) is 0 Å². The molecule has 7 nitrogen and oxygen atoms in total. The number of rotatable bonds is 11. The summed E-state index contributed by atoms with van der Waals surface area (Å²) < 4.78 is 10.8. The van der Waals surface area contributed by atoms with Crippen LogP contribution in [0.3, 0.4) is 0 Å². The third kappa shape index (κ3) is 11.7. The number of nitrogens with zero attached hydrogens (tertiary/aromatic N) is 2. The molecule has 0 fully saturated rings. The van der Waals surface area contributed by atoms with Crippen LogP contribution in [0.5, 0.6) is 0 Å². The minimum Gasteiger partial charge on any atom is -0.444 e. The van der Waals surface area contributed by atoms with E-state index in [1.54, 1.807) is 11.9 Å². The van der Waals surface area contributed by atoms with E-state index in [9.17, 15) is 4.79 Å². The molecule has 7 heteroatoms. The average molecular weight is 421 g/mol. The Hall–Kier alpha value is -2.28. The van der Waals surface area contributed by atoms with Crippen LogP contribution in [0, 0.1) is 0 Å². The molecule has 0 heterocycles. The first kappa shape index (κ1) is 25.8. The molecule has 0 radical (unpaired) electrons. The summed E-state index contributed by atoms with van der Waals surface area (Å²) in [5.41, 5.74) is 1.68. The Morgan fingerprint density at radius 3 is 2.33 bits per heavy atom. The molecule has 0 bridgehead atoms. The number of hydrogen-bond acceptors (Lipinski definition) is 4. The summed E-state index contributed by atoms with van der Waals surface area (Å²) in [6.45, 7) is 14.0. The average Bonchev–Trinajstić information content (AvgIpc) is 2.68. The van der Waals surface area contributed by atoms with Crippen molar-refractivity contribution in [1.29, 1.82) is 0 Å². The van der Waals surface area contributed by atoms with Crippen LogP contribution in [0.15, 0.2) is 29.3 Å². The van der Waals surface area contributed by atoms with Gasteiger partial charge in [-0.2, -0.15) is 0 Å². The van der Waals surface area contributed by atoms with Crippen LogP contribution >= 0.6 is 0 Å². The molecule has 0 aliphatic heterocycles. The Kier molecular flexibility index (Phi) is 11.9. The number of guanidine groups is 1. The van der Waals surface area contributed by atoms with E-state index in [-0.39, 0.29) is 6.09 Å². The van der Waals surface area contributed by atoms with Crippen molar-refractivity contribution in [3.05, 3.63) is 35.4 Å². The Morgan fingerprint density at radius 1 is 1.07 bits per heavy atom. The molecule has 1 aromatic rings. The number of carbonyl (C=O) groups is 1. The second-order valence-electron chi connectivity index (χ2n) is 8.18. The first-order valence-electron chi connectivity index (χ1n) is 10.9. The smallest absolute Gasteiger partial charge is 0.410 e. The zero-order chi connectivity index (χ0) is 22.4. The lowest BCUT2D eigenvalue weighted by Gasteiger charge is -2.24. The van der Waals surface area contributed by atoms with Gasteiger partial charge in [0.1, 0.15) is 5.60 Å². The van der Waals surface area contributed by atoms with Gasteiger partial charge in [0.25, 0.3) is 0 Å². The molecule has 0 atom stereocenters. The Bertz CT molecular complexity index is 639.